The Morgan fingerprint density at radius 2 is 1.93 bits per heavy atom. The van der Waals surface area contributed by atoms with E-state index in [1.165, 1.54) is 29.3 Å². The molecule has 0 fully saturated rings. The molecule has 4 nitrogen and oxygen atoms in total. The Morgan fingerprint density at radius 1 is 1.11 bits per heavy atom. The highest BCUT2D eigenvalue weighted by molar-refractivity contribution is 7.89. The van der Waals surface area contributed by atoms with E-state index in [0.29, 0.717) is 0 Å². The molecule has 146 valence electrons. The summed E-state index contributed by atoms with van der Waals surface area (Å²) in [7, 11) is -3.78. The van der Waals surface area contributed by atoms with E-state index in [4.69, 9.17) is 0 Å². The molecule has 3 aromatic rings. The third kappa shape index (κ3) is 4.17. The number of hydrogen-bond acceptors (Lipinski definition) is 4. The molecule has 0 aliphatic carbocycles. The number of halogens is 1. The zero-order valence-corrected chi connectivity index (χ0v) is 16.8. The summed E-state index contributed by atoms with van der Waals surface area (Å²) in [5.74, 6) is -0.565. The third-order valence-corrected chi connectivity index (χ3v) is 7.22. The topological polar surface area (TPSA) is 49.4 Å². The number of thiophene rings is 1. The molecule has 0 radical (unpaired) electrons. The summed E-state index contributed by atoms with van der Waals surface area (Å²) in [6.45, 7) is 1.87. The van der Waals surface area contributed by atoms with Gasteiger partial charge < -0.3 is 0 Å². The van der Waals surface area contributed by atoms with Crippen LogP contribution in [-0.4, -0.2) is 26.4 Å². The lowest BCUT2D eigenvalue weighted by atomic mass is 9.97. The molecule has 1 aromatic heterocycles. The Morgan fingerprint density at radius 3 is 2.68 bits per heavy atom. The van der Waals surface area contributed by atoms with E-state index >= 15 is 0 Å². The smallest absolute Gasteiger partial charge is 0.240 e. The molecule has 0 saturated carbocycles. The number of benzene rings is 2. The van der Waals surface area contributed by atoms with E-state index in [-0.39, 0.29) is 17.5 Å². The van der Waals surface area contributed by atoms with Crippen molar-refractivity contribution in [3.8, 4) is 0 Å². The summed E-state index contributed by atoms with van der Waals surface area (Å²) in [6.07, 6.45) is 0.938. The van der Waals surface area contributed by atoms with Gasteiger partial charge >= 0.3 is 0 Å². The van der Waals surface area contributed by atoms with Crippen LogP contribution in [0.5, 0.6) is 0 Å². The van der Waals surface area contributed by atoms with Crippen LogP contribution in [0.2, 0.25) is 0 Å². The van der Waals surface area contributed by atoms with Crippen molar-refractivity contribution >= 4 is 21.4 Å². The minimum absolute atomic E-state index is 0.0550. The average Bonchev–Trinajstić information content (AvgIpc) is 3.22. The molecule has 2 heterocycles. The Balaban J connectivity index is 1.55. The monoisotopic (exact) mass is 416 g/mol. The predicted molar refractivity (Wildman–Crippen MR) is 109 cm³/mol. The molecule has 7 heteroatoms. The molecule has 0 unspecified atom stereocenters. The van der Waals surface area contributed by atoms with Gasteiger partial charge in [-0.2, -0.15) is 11.3 Å². The van der Waals surface area contributed by atoms with Crippen LogP contribution < -0.4 is 4.72 Å². The summed E-state index contributed by atoms with van der Waals surface area (Å²) >= 11 is 1.60. The molecule has 1 atom stereocenters. The van der Waals surface area contributed by atoms with Gasteiger partial charge in [-0.05, 0) is 58.1 Å². The molecule has 2 aromatic carbocycles. The van der Waals surface area contributed by atoms with E-state index in [2.05, 4.69) is 33.2 Å². The highest BCUT2D eigenvalue weighted by Crippen LogP contribution is 2.29. The van der Waals surface area contributed by atoms with E-state index < -0.39 is 15.8 Å². The minimum Gasteiger partial charge on any atom is -0.290 e. The van der Waals surface area contributed by atoms with Gasteiger partial charge in [-0.3, -0.25) is 4.90 Å². The van der Waals surface area contributed by atoms with Gasteiger partial charge in [-0.1, -0.05) is 30.3 Å². The second-order valence-corrected chi connectivity index (χ2v) is 9.42. The maximum Gasteiger partial charge on any atom is 0.240 e. The normalized spacial score (nSPS) is 15.9. The highest BCUT2D eigenvalue weighted by atomic mass is 32.2. The lowest BCUT2D eigenvalue weighted by Crippen LogP contribution is -2.40. The zero-order valence-electron chi connectivity index (χ0n) is 15.2. The van der Waals surface area contributed by atoms with Gasteiger partial charge in [0.05, 0.1) is 4.90 Å². The first-order valence-corrected chi connectivity index (χ1v) is 11.5. The van der Waals surface area contributed by atoms with E-state index in [1.54, 1.807) is 11.3 Å². The van der Waals surface area contributed by atoms with Gasteiger partial charge in [0.15, 0.2) is 0 Å². The van der Waals surface area contributed by atoms with Crippen LogP contribution in [0.4, 0.5) is 4.39 Å². The van der Waals surface area contributed by atoms with Crippen LogP contribution in [0.15, 0.2) is 70.3 Å². The van der Waals surface area contributed by atoms with Crippen molar-refractivity contribution in [3.05, 3.63) is 87.9 Å². The molecule has 0 spiro atoms. The molecule has 28 heavy (non-hydrogen) atoms. The third-order valence-electron chi connectivity index (χ3n) is 5.10. The van der Waals surface area contributed by atoms with Crippen molar-refractivity contribution in [1.82, 2.24) is 9.62 Å². The number of rotatable bonds is 6. The maximum atomic E-state index is 13.5. The quantitative estimate of drug-likeness (QED) is 0.662. The molecule has 1 N–H and O–H groups in total. The van der Waals surface area contributed by atoms with Gasteiger partial charge in [0.25, 0.3) is 0 Å². The van der Waals surface area contributed by atoms with E-state index in [0.717, 1.165) is 31.1 Å². The van der Waals surface area contributed by atoms with E-state index in [9.17, 15) is 12.8 Å². The fourth-order valence-electron chi connectivity index (χ4n) is 3.61. The van der Waals surface area contributed by atoms with Crippen molar-refractivity contribution < 1.29 is 12.8 Å². The SMILES string of the molecule is O=S(=O)(NC[C@@H](c1ccsc1)N1CCc2ccccc2C1)c1cccc(F)c1. The van der Waals surface area contributed by atoms with Crippen LogP contribution in [0.25, 0.3) is 0 Å². The van der Waals surface area contributed by atoms with Crippen molar-refractivity contribution in [2.45, 2.75) is 23.9 Å². The van der Waals surface area contributed by atoms with E-state index in [1.807, 2.05) is 17.5 Å². The number of sulfonamides is 1. The fraction of sp³-hybridized carbons (Fsp3) is 0.238. The van der Waals surface area contributed by atoms with Crippen molar-refractivity contribution in [2.24, 2.45) is 0 Å². The number of hydrogen-bond donors (Lipinski definition) is 1. The molecular formula is C21H21FN2O2S2. The van der Waals surface area contributed by atoms with Crippen LogP contribution in [0, 0.1) is 5.82 Å². The fourth-order valence-corrected chi connectivity index (χ4v) is 5.39. The summed E-state index contributed by atoms with van der Waals surface area (Å²) in [5.41, 5.74) is 3.72. The number of nitrogens with one attached hydrogen (secondary N) is 1. The summed E-state index contributed by atoms with van der Waals surface area (Å²) in [4.78, 5) is 2.25. The molecule has 0 saturated heterocycles. The lowest BCUT2D eigenvalue weighted by Gasteiger charge is -2.35. The summed E-state index contributed by atoms with van der Waals surface area (Å²) < 4.78 is 41.4. The molecule has 1 aliphatic heterocycles. The molecule has 4 rings (SSSR count). The van der Waals surface area contributed by atoms with Crippen LogP contribution in [0.3, 0.4) is 0 Å². The van der Waals surface area contributed by atoms with Crippen molar-refractivity contribution in [3.63, 3.8) is 0 Å². The first kappa shape index (κ1) is 19.3. The second-order valence-electron chi connectivity index (χ2n) is 6.87. The largest absolute Gasteiger partial charge is 0.290 e. The Labute approximate surface area is 168 Å². The molecular weight excluding hydrogens is 395 g/mol. The Hall–Kier alpha value is -2.06. The summed E-state index contributed by atoms with van der Waals surface area (Å²) in [6, 6.07) is 15.4. The summed E-state index contributed by atoms with van der Waals surface area (Å²) in [5, 5.41) is 4.06. The molecule has 0 amide bonds. The minimum atomic E-state index is -3.78. The number of nitrogens with zero attached hydrogens (tertiary/aromatic N) is 1. The van der Waals surface area contributed by atoms with Crippen LogP contribution in [-0.2, 0) is 23.0 Å². The second kappa shape index (κ2) is 8.13. The lowest BCUT2D eigenvalue weighted by molar-refractivity contribution is 0.181. The number of fused-ring (bicyclic) bond motifs is 1. The zero-order chi connectivity index (χ0) is 19.6. The van der Waals surface area contributed by atoms with Crippen LogP contribution in [0.1, 0.15) is 22.7 Å². The van der Waals surface area contributed by atoms with Crippen molar-refractivity contribution in [1.29, 1.82) is 0 Å². The van der Waals surface area contributed by atoms with Gasteiger partial charge in [0, 0.05) is 25.7 Å². The highest BCUT2D eigenvalue weighted by Gasteiger charge is 2.27. The predicted octanol–water partition coefficient (Wildman–Crippen LogP) is 3.97. The van der Waals surface area contributed by atoms with Crippen molar-refractivity contribution in [2.75, 3.05) is 13.1 Å². The molecule has 1 aliphatic rings. The van der Waals surface area contributed by atoms with Gasteiger partial charge in [-0.25, -0.2) is 17.5 Å². The van der Waals surface area contributed by atoms with Gasteiger partial charge in [-0.15, -0.1) is 0 Å². The first-order chi connectivity index (χ1) is 13.5. The molecule has 0 bridgehead atoms. The van der Waals surface area contributed by atoms with Gasteiger partial charge in [0.2, 0.25) is 10.0 Å². The first-order valence-electron chi connectivity index (χ1n) is 9.11. The van der Waals surface area contributed by atoms with Gasteiger partial charge in [0.1, 0.15) is 5.82 Å². The standard InChI is InChI=1S/C21H21FN2O2S2/c22-19-6-3-7-20(12-19)28(25,26)23-13-21(18-9-11-27-15-18)24-10-8-16-4-1-2-5-17(16)14-24/h1-7,9,11-12,15,21,23H,8,10,13-14H2/t21-/m0/s1. The Bertz CT molecular complexity index is 1050. The maximum absolute atomic E-state index is 13.5. The van der Waals surface area contributed by atoms with Crippen LogP contribution >= 0.6 is 11.3 Å². The average molecular weight is 417 g/mol. The Kier molecular flexibility index (Phi) is 5.59.